The van der Waals surface area contributed by atoms with Gasteiger partial charge in [-0.15, -0.1) is 0 Å². The lowest BCUT2D eigenvalue weighted by atomic mass is 10.1. The van der Waals surface area contributed by atoms with E-state index in [2.05, 4.69) is 10.9 Å². The van der Waals surface area contributed by atoms with Crippen LogP contribution in [0.1, 0.15) is 30.6 Å². The zero-order valence-electron chi connectivity index (χ0n) is 16.6. The van der Waals surface area contributed by atoms with Crippen molar-refractivity contribution >= 4 is 11.8 Å². The molecule has 0 aromatic heterocycles. The second-order valence-electron chi connectivity index (χ2n) is 6.47. The predicted molar refractivity (Wildman–Crippen MR) is 105 cm³/mol. The van der Waals surface area contributed by atoms with E-state index in [-0.39, 0.29) is 0 Å². The van der Waals surface area contributed by atoms with Crippen LogP contribution in [0.2, 0.25) is 0 Å². The third-order valence-electron chi connectivity index (χ3n) is 4.29. The zero-order valence-corrected chi connectivity index (χ0v) is 16.6. The van der Waals surface area contributed by atoms with Gasteiger partial charge in [-0.1, -0.05) is 19.1 Å². The Morgan fingerprint density at radius 3 is 2.45 bits per heavy atom. The van der Waals surface area contributed by atoms with E-state index in [0.717, 1.165) is 6.42 Å². The fraction of sp³-hybridized carbons (Fsp3) is 0.333. The number of hydrogen-bond donors (Lipinski definition) is 2. The van der Waals surface area contributed by atoms with Crippen molar-refractivity contribution in [3.05, 3.63) is 48.0 Å². The summed E-state index contributed by atoms with van der Waals surface area (Å²) >= 11 is 0. The van der Waals surface area contributed by atoms with Crippen LogP contribution in [0.3, 0.4) is 0 Å². The summed E-state index contributed by atoms with van der Waals surface area (Å²) in [4.78, 5) is 24.9. The van der Waals surface area contributed by atoms with E-state index in [9.17, 15) is 9.59 Å². The number of para-hydroxylation sites is 2. The Kier molecular flexibility index (Phi) is 6.43. The number of nitrogens with one attached hydrogen (secondary N) is 2. The second kappa shape index (κ2) is 9.18. The highest BCUT2D eigenvalue weighted by Gasteiger charge is 2.34. The van der Waals surface area contributed by atoms with E-state index < -0.39 is 24.0 Å². The van der Waals surface area contributed by atoms with E-state index >= 15 is 0 Å². The van der Waals surface area contributed by atoms with Gasteiger partial charge in [-0.3, -0.25) is 20.4 Å². The van der Waals surface area contributed by atoms with E-state index in [4.69, 9.17) is 18.9 Å². The summed E-state index contributed by atoms with van der Waals surface area (Å²) < 4.78 is 22.3. The van der Waals surface area contributed by atoms with E-state index in [1.54, 1.807) is 43.3 Å². The van der Waals surface area contributed by atoms with Gasteiger partial charge in [0, 0.05) is 5.56 Å². The monoisotopic (exact) mass is 400 g/mol. The second-order valence-corrected chi connectivity index (χ2v) is 6.47. The molecule has 2 aromatic rings. The van der Waals surface area contributed by atoms with Crippen LogP contribution >= 0.6 is 0 Å². The van der Waals surface area contributed by atoms with Gasteiger partial charge in [-0.25, -0.2) is 0 Å². The Hall–Kier alpha value is -3.42. The van der Waals surface area contributed by atoms with Crippen molar-refractivity contribution in [2.45, 2.75) is 32.5 Å². The molecule has 0 saturated heterocycles. The molecule has 0 saturated carbocycles. The molecule has 2 aromatic carbocycles. The Labute approximate surface area is 169 Å². The molecule has 0 spiro atoms. The summed E-state index contributed by atoms with van der Waals surface area (Å²) in [6, 6.07) is 11.9. The van der Waals surface area contributed by atoms with E-state index in [1.807, 2.05) is 13.0 Å². The van der Waals surface area contributed by atoms with Crippen LogP contribution in [0.25, 0.3) is 0 Å². The van der Waals surface area contributed by atoms with Crippen LogP contribution in [0.5, 0.6) is 23.0 Å². The highest BCUT2D eigenvalue weighted by molar-refractivity contribution is 5.96. The molecule has 0 radical (unpaired) electrons. The third kappa shape index (κ3) is 4.71. The van der Waals surface area contributed by atoms with Gasteiger partial charge in [0.25, 0.3) is 11.8 Å². The molecule has 2 amide bonds. The molecule has 0 bridgehead atoms. The van der Waals surface area contributed by atoms with Crippen LogP contribution in [-0.4, -0.2) is 37.7 Å². The van der Waals surface area contributed by atoms with Crippen molar-refractivity contribution in [3.63, 3.8) is 0 Å². The van der Waals surface area contributed by atoms with Gasteiger partial charge in [0.15, 0.2) is 23.0 Å². The SMILES string of the molecule is CCCOc1ccc(C(=O)NNC(=O)C2Oc3ccccc3OC2C)cc1OC. The Morgan fingerprint density at radius 2 is 1.76 bits per heavy atom. The topological polar surface area (TPSA) is 95.1 Å². The van der Waals surface area contributed by atoms with Crippen LogP contribution in [-0.2, 0) is 4.79 Å². The Bertz CT molecular complexity index is 885. The molecular formula is C21H24N2O6. The molecule has 29 heavy (non-hydrogen) atoms. The highest BCUT2D eigenvalue weighted by atomic mass is 16.6. The van der Waals surface area contributed by atoms with Crippen LogP contribution in [0.4, 0.5) is 0 Å². The molecule has 1 aliphatic rings. The normalized spacial score (nSPS) is 17.2. The van der Waals surface area contributed by atoms with Crippen LogP contribution in [0, 0.1) is 0 Å². The van der Waals surface area contributed by atoms with Gasteiger partial charge in [0.05, 0.1) is 13.7 Å². The average molecular weight is 400 g/mol. The van der Waals surface area contributed by atoms with Gasteiger partial charge in [-0.2, -0.15) is 0 Å². The summed E-state index contributed by atoms with van der Waals surface area (Å²) in [5.41, 5.74) is 5.08. The Balaban J connectivity index is 1.61. The number of benzene rings is 2. The number of carbonyl (C=O) groups is 2. The maximum Gasteiger partial charge on any atom is 0.283 e. The number of methoxy groups -OCH3 is 1. The number of fused-ring (bicyclic) bond motifs is 1. The van der Waals surface area contributed by atoms with Gasteiger partial charge in [-0.05, 0) is 43.7 Å². The fourth-order valence-electron chi connectivity index (χ4n) is 2.81. The molecule has 1 heterocycles. The number of amides is 2. The molecule has 2 N–H and O–H groups in total. The Morgan fingerprint density at radius 1 is 1.03 bits per heavy atom. The summed E-state index contributed by atoms with van der Waals surface area (Å²) in [5, 5.41) is 0. The first-order chi connectivity index (χ1) is 14.0. The van der Waals surface area contributed by atoms with Gasteiger partial charge >= 0.3 is 0 Å². The smallest absolute Gasteiger partial charge is 0.283 e. The van der Waals surface area contributed by atoms with Crippen LogP contribution in [0.15, 0.2) is 42.5 Å². The standard InChI is InChI=1S/C21H24N2O6/c1-4-11-27-15-10-9-14(12-18(15)26-3)20(24)22-23-21(25)19-13(2)28-16-7-5-6-8-17(16)29-19/h5-10,12-13,19H,4,11H2,1-3H3,(H,22,24)(H,23,25). The lowest BCUT2D eigenvalue weighted by molar-refractivity contribution is -0.134. The molecular weight excluding hydrogens is 376 g/mol. The first-order valence-electron chi connectivity index (χ1n) is 9.36. The molecule has 2 atom stereocenters. The van der Waals surface area contributed by atoms with Gasteiger partial charge < -0.3 is 18.9 Å². The average Bonchev–Trinajstić information content (AvgIpc) is 2.75. The molecule has 154 valence electrons. The number of hydrogen-bond acceptors (Lipinski definition) is 6. The maximum atomic E-state index is 12.5. The number of rotatable bonds is 6. The summed E-state index contributed by atoms with van der Waals surface area (Å²) in [6.07, 6.45) is -0.561. The summed E-state index contributed by atoms with van der Waals surface area (Å²) in [6.45, 7) is 4.27. The lowest BCUT2D eigenvalue weighted by Gasteiger charge is -2.30. The van der Waals surface area contributed by atoms with Crippen molar-refractivity contribution in [1.29, 1.82) is 0 Å². The highest BCUT2D eigenvalue weighted by Crippen LogP contribution is 2.33. The molecule has 1 aliphatic heterocycles. The molecule has 0 fully saturated rings. The maximum absolute atomic E-state index is 12.5. The van der Waals surface area contributed by atoms with Crippen molar-refractivity contribution < 1.29 is 28.5 Å². The van der Waals surface area contributed by atoms with E-state index in [1.165, 1.54) is 7.11 Å². The zero-order chi connectivity index (χ0) is 20.8. The van der Waals surface area contributed by atoms with Gasteiger partial charge in [0.1, 0.15) is 6.10 Å². The minimum Gasteiger partial charge on any atom is -0.493 e. The first-order valence-corrected chi connectivity index (χ1v) is 9.36. The molecule has 3 rings (SSSR count). The van der Waals surface area contributed by atoms with Crippen molar-refractivity contribution in [1.82, 2.24) is 10.9 Å². The number of carbonyl (C=O) groups excluding carboxylic acids is 2. The quantitative estimate of drug-likeness (QED) is 0.724. The fourth-order valence-corrected chi connectivity index (χ4v) is 2.81. The van der Waals surface area contributed by atoms with Crippen molar-refractivity contribution in [2.24, 2.45) is 0 Å². The van der Waals surface area contributed by atoms with Crippen molar-refractivity contribution in [2.75, 3.05) is 13.7 Å². The molecule has 8 heteroatoms. The third-order valence-corrected chi connectivity index (χ3v) is 4.29. The van der Waals surface area contributed by atoms with Crippen LogP contribution < -0.4 is 29.8 Å². The molecule has 2 unspecified atom stereocenters. The first kappa shape index (κ1) is 20.3. The predicted octanol–water partition coefficient (Wildman–Crippen LogP) is 2.47. The number of hydrazine groups is 1. The minimum atomic E-state index is -0.899. The van der Waals surface area contributed by atoms with E-state index in [0.29, 0.717) is 35.2 Å². The largest absolute Gasteiger partial charge is 0.493 e. The van der Waals surface area contributed by atoms with Crippen molar-refractivity contribution in [3.8, 4) is 23.0 Å². The minimum absolute atomic E-state index is 0.310. The lowest BCUT2D eigenvalue weighted by Crippen LogP contribution is -2.53. The number of ether oxygens (including phenoxy) is 4. The molecule has 8 nitrogen and oxygen atoms in total. The molecule has 0 aliphatic carbocycles. The summed E-state index contributed by atoms with van der Waals surface area (Å²) in [7, 11) is 1.50. The van der Waals surface area contributed by atoms with Gasteiger partial charge in [0.2, 0.25) is 6.10 Å². The summed E-state index contributed by atoms with van der Waals surface area (Å²) in [5.74, 6) is 1.02.